The van der Waals surface area contributed by atoms with Gasteiger partial charge in [-0.1, -0.05) is 0 Å². The Kier molecular flexibility index (Phi) is 4.39. The van der Waals surface area contributed by atoms with E-state index in [0.717, 1.165) is 31.6 Å². The molecule has 2 rings (SSSR count). The van der Waals surface area contributed by atoms with E-state index in [1.165, 1.54) is 6.42 Å². The van der Waals surface area contributed by atoms with Crippen molar-refractivity contribution in [3.8, 4) is 0 Å². The number of carbonyl (C=O) groups excluding carboxylic acids is 1. The summed E-state index contributed by atoms with van der Waals surface area (Å²) in [6, 6.07) is 1.82. The zero-order chi connectivity index (χ0) is 12.8. The Morgan fingerprint density at radius 3 is 2.83 bits per heavy atom. The third-order valence-electron chi connectivity index (χ3n) is 3.14. The Bertz CT molecular complexity index is 402. The first-order valence-corrected chi connectivity index (χ1v) is 6.48. The maximum Gasteiger partial charge on any atom is 0.224 e. The molecule has 0 aliphatic carbocycles. The van der Waals surface area contributed by atoms with Crippen LogP contribution in [-0.4, -0.2) is 35.4 Å². The Hall–Kier alpha value is -1.78. The second-order valence-corrected chi connectivity index (χ2v) is 4.63. The normalized spacial score (nSPS) is 15.4. The van der Waals surface area contributed by atoms with Crippen molar-refractivity contribution in [3.63, 3.8) is 0 Å². The summed E-state index contributed by atoms with van der Waals surface area (Å²) in [7, 11) is 0. The first kappa shape index (κ1) is 12.7. The summed E-state index contributed by atoms with van der Waals surface area (Å²) < 4.78 is 0. The molecule has 0 spiro atoms. The summed E-state index contributed by atoms with van der Waals surface area (Å²) in [5.74, 6) is 0.235. The second kappa shape index (κ2) is 6.23. The van der Waals surface area contributed by atoms with Gasteiger partial charge in [0.15, 0.2) is 0 Å². The molecule has 18 heavy (non-hydrogen) atoms. The fourth-order valence-electron chi connectivity index (χ4n) is 2.17. The number of anilines is 2. The SMILES string of the molecule is Nc1cncc(NCCC(=O)N2CCCCC2)c1. The fraction of sp³-hybridized carbons (Fsp3) is 0.538. The number of rotatable bonds is 4. The molecule has 0 unspecified atom stereocenters. The van der Waals surface area contributed by atoms with Gasteiger partial charge in [-0.05, 0) is 25.3 Å². The van der Waals surface area contributed by atoms with Gasteiger partial charge >= 0.3 is 0 Å². The van der Waals surface area contributed by atoms with Crippen molar-refractivity contribution in [1.29, 1.82) is 0 Å². The van der Waals surface area contributed by atoms with Crippen LogP contribution in [0.4, 0.5) is 11.4 Å². The highest BCUT2D eigenvalue weighted by Gasteiger charge is 2.15. The van der Waals surface area contributed by atoms with Gasteiger partial charge in [0.2, 0.25) is 5.91 Å². The lowest BCUT2D eigenvalue weighted by molar-refractivity contribution is -0.131. The third-order valence-corrected chi connectivity index (χ3v) is 3.14. The van der Waals surface area contributed by atoms with Crippen molar-refractivity contribution >= 4 is 17.3 Å². The zero-order valence-corrected chi connectivity index (χ0v) is 10.6. The van der Waals surface area contributed by atoms with Crippen molar-refractivity contribution in [2.45, 2.75) is 25.7 Å². The molecule has 1 aliphatic rings. The molecule has 5 nitrogen and oxygen atoms in total. The number of nitrogens with zero attached hydrogens (tertiary/aromatic N) is 2. The van der Waals surface area contributed by atoms with Gasteiger partial charge in [0, 0.05) is 32.3 Å². The van der Waals surface area contributed by atoms with Crippen LogP contribution < -0.4 is 11.1 Å². The lowest BCUT2D eigenvalue weighted by Gasteiger charge is -2.26. The van der Waals surface area contributed by atoms with E-state index in [1.54, 1.807) is 12.4 Å². The molecular formula is C13H20N4O. The number of hydrogen-bond donors (Lipinski definition) is 2. The second-order valence-electron chi connectivity index (χ2n) is 4.63. The summed E-state index contributed by atoms with van der Waals surface area (Å²) in [4.78, 5) is 17.9. The molecule has 1 aliphatic heterocycles. The molecule has 0 radical (unpaired) electrons. The summed E-state index contributed by atoms with van der Waals surface area (Å²) in [5.41, 5.74) is 7.12. The van der Waals surface area contributed by atoms with Gasteiger partial charge < -0.3 is 16.0 Å². The molecule has 0 atom stereocenters. The van der Waals surface area contributed by atoms with Crippen molar-refractivity contribution in [2.24, 2.45) is 0 Å². The van der Waals surface area contributed by atoms with Crippen LogP contribution in [-0.2, 0) is 4.79 Å². The average molecular weight is 248 g/mol. The number of nitrogens with one attached hydrogen (secondary N) is 1. The molecule has 5 heteroatoms. The molecule has 98 valence electrons. The Balaban J connectivity index is 1.73. The van der Waals surface area contributed by atoms with Crippen molar-refractivity contribution in [1.82, 2.24) is 9.88 Å². The third kappa shape index (κ3) is 3.61. The highest BCUT2D eigenvalue weighted by Crippen LogP contribution is 2.11. The van der Waals surface area contributed by atoms with Gasteiger partial charge in [-0.25, -0.2) is 0 Å². The minimum atomic E-state index is 0.235. The molecule has 0 aromatic carbocycles. The molecular weight excluding hydrogens is 228 g/mol. The molecule has 0 saturated carbocycles. The topological polar surface area (TPSA) is 71.2 Å². The number of hydrogen-bond acceptors (Lipinski definition) is 4. The van der Waals surface area contributed by atoms with Crippen molar-refractivity contribution in [2.75, 3.05) is 30.7 Å². The van der Waals surface area contributed by atoms with Crippen LogP contribution in [0.3, 0.4) is 0 Å². The van der Waals surface area contributed by atoms with E-state index >= 15 is 0 Å². The number of nitrogens with two attached hydrogens (primary N) is 1. The summed E-state index contributed by atoms with van der Waals surface area (Å²) in [6.45, 7) is 2.46. The van der Waals surface area contributed by atoms with Crippen LogP contribution in [0.25, 0.3) is 0 Å². The molecule has 1 amide bonds. The molecule has 1 aromatic rings. The van der Waals surface area contributed by atoms with E-state index in [2.05, 4.69) is 10.3 Å². The van der Waals surface area contributed by atoms with E-state index in [4.69, 9.17) is 5.73 Å². The van der Waals surface area contributed by atoms with Crippen LogP contribution in [0.1, 0.15) is 25.7 Å². The van der Waals surface area contributed by atoms with Crippen LogP contribution >= 0.6 is 0 Å². The average Bonchev–Trinajstić information content (AvgIpc) is 2.40. The van der Waals surface area contributed by atoms with E-state index in [0.29, 0.717) is 18.7 Å². The summed E-state index contributed by atoms with van der Waals surface area (Å²) in [5, 5.41) is 3.17. The van der Waals surface area contributed by atoms with E-state index in [-0.39, 0.29) is 5.91 Å². The van der Waals surface area contributed by atoms with Crippen molar-refractivity contribution in [3.05, 3.63) is 18.5 Å². The van der Waals surface area contributed by atoms with Gasteiger partial charge in [0.05, 0.1) is 17.6 Å². The largest absolute Gasteiger partial charge is 0.397 e. The van der Waals surface area contributed by atoms with Crippen LogP contribution in [0.15, 0.2) is 18.5 Å². The van der Waals surface area contributed by atoms with E-state index < -0.39 is 0 Å². The first-order chi connectivity index (χ1) is 8.75. The zero-order valence-electron chi connectivity index (χ0n) is 10.6. The maximum atomic E-state index is 11.9. The lowest BCUT2D eigenvalue weighted by Crippen LogP contribution is -2.36. The van der Waals surface area contributed by atoms with Gasteiger partial charge in [-0.2, -0.15) is 0 Å². The van der Waals surface area contributed by atoms with Crippen LogP contribution in [0.2, 0.25) is 0 Å². The molecule has 1 aromatic heterocycles. The summed E-state index contributed by atoms with van der Waals surface area (Å²) in [6.07, 6.45) is 7.36. The van der Waals surface area contributed by atoms with Gasteiger partial charge in [-0.15, -0.1) is 0 Å². The highest BCUT2D eigenvalue weighted by atomic mass is 16.2. The first-order valence-electron chi connectivity index (χ1n) is 6.48. The Morgan fingerprint density at radius 1 is 1.33 bits per heavy atom. The number of aromatic nitrogens is 1. The molecule has 2 heterocycles. The van der Waals surface area contributed by atoms with Gasteiger partial charge in [0.1, 0.15) is 0 Å². The smallest absolute Gasteiger partial charge is 0.224 e. The number of piperidine rings is 1. The van der Waals surface area contributed by atoms with Crippen LogP contribution in [0.5, 0.6) is 0 Å². The highest BCUT2D eigenvalue weighted by molar-refractivity contribution is 5.76. The van der Waals surface area contributed by atoms with E-state index in [1.807, 2.05) is 11.0 Å². The quantitative estimate of drug-likeness (QED) is 0.846. The Labute approximate surface area is 107 Å². The minimum Gasteiger partial charge on any atom is -0.397 e. The predicted octanol–water partition coefficient (Wildman–Crippen LogP) is 1.48. The van der Waals surface area contributed by atoms with Crippen LogP contribution in [0, 0.1) is 0 Å². The van der Waals surface area contributed by atoms with Gasteiger partial charge in [0.25, 0.3) is 0 Å². The Morgan fingerprint density at radius 2 is 2.11 bits per heavy atom. The summed E-state index contributed by atoms with van der Waals surface area (Å²) >= 11 is 0. The standard InChI is InChI=1S/C13H20N4O/c14-11-8-12(10-15-9-11)16-5-4-13(18)17-6-2-1-3-7-17/h8-10,16H,1-7,14H2. The molecule has 1 saturated heterocycles. The number of nitrogen functional groups attached to an aromatic ring is 1. The number of carbonyl (C=O) groups is 1. The molecule has 1 fully saturated rings. The molecule has 0 bridgehead atoms. The monoisotopic (exact) mass is 248 g/mol. The van der Waals surface area contributed by atoms with Crippen molar-refractivity contribution < 1.29 is 4.79 Å². The maximum absolute atomic E-state index is 11.9. The predicted molar refractivity (Wildman–Crippen MR) is 72.2 cm³/mol. The number of likely N-dealkylation sites (tertiary alicyclic amines) is 1. The van der Waals surface area contributed by atoms with E-state index in [9.17, 15) is 4.79 Å². The lowest BCUT2D eigenvalue weighted by atomic mass is 10.1. The molecule has 3 N–H and O–H groups in total. The minimum absolute atomic E-state index is 0.235. The number of amides is 1. The van der Waals surface area contributed by atoms with Gasteiger partial charge in [-0.3, -0.25) is 9.78 Å². The number of pyridine rings is 1. The fourth-order valence-corrected chi connectivity index (χ4v) is 2.17.